The maximum absolute atomic E-state index is 12.1. The standard InChI is InChI=1S/C16H24N2O4S/c1-10(13-17-9-12(23-13)14(19)20)11-5-7-18(8-6-11)15(21)22-16(2,3)4/h9-11H,5-8H2,1-4H3,(H,19,20). The molecule has 1 N–H and O–H groups in total. The first-order chi connectivity index (χ1) is 10.7. The van der Waals surface area contributed by atoms with E-state index in [0.29, 0.717) is 19.0 Å². The quantitative estimate of drug-likeness (QED) is 0.909. The van der Waals surface area contributed by atoms with Crippen LogP contribution in [0.1, 0.15) is 61.1 Å². The number of nitrogens with zero attached hydrogens (tertiary/aromatic N) is 2. The second-order valence-electron chi connectivity index (χ2n) is 6.96. The Morgan fingerprint density at radius 3 is 2.48 bits per heavy atom. The van der Waals surface area contributed by atoms with Gasteiger partial charge in [0.25, 0.3) is 0 Å². The lowest BCUT2D eigenvalue weighted by Crippen LogP contribution is -2.42. The molecule has 1 fully saturated rings. The van der Waals surface area contributed by atoms with Crippen LogP contribution < -0.4 is 0 Å². The molecular weight excluding hydrogens is 316 g/mol. The molecule has 128 valence electrons. The summed E-state index contributed by atoms with van der Waals surface area (Å²) in [6.07, 6.45) is 2.92. The SMILES string of the molecule is CC(c1ncc(C(=O)O)s1)C1CCN(C(=O)OC(C)(C)C)CC1. The van der Waals surface area contributed by atoms with E-state index in [2.05, 4.69) is 11.9 Å². The Morgan fingerprint density at radius 2 is 2.00 bits per heavy atom. The van der Waals surface area contributed by atoms with Gasteiger partial charge in [0.2, 0.25) is 0 Å². The average Bonchev–Trinajstić information content (AvgIpc) is 2.95. The lowest BCUT2D eigenvalue weighted by Gasteiger charge is -2.35. The van der Waals surface area contributed by atoms with E-state index < -0.39 is 11.6 Å². The highest BCUT2D eigenvalue weighted by Gasteiger charge is 2.30. The van der Waals surface area contributed by atoms with Crippen LogP contribution in [0.3, 0.4) is 0 Å². The van der Waals surface area contributed by atoms with Crippen LogP contribution in [0.5, 0.6) is 0 Å². The van der Waals surface area contributed by atoms with E-state index in [1.807, 2.05) is 20.8 Å². The van der Waals surface area contributed by atoms with Crippen molar-refractivity contribution in [3.8, 4) is 0 Å². The minimum absolute atomic E-state index is 0.203. The summed E-state index contributed by atoms with van der Waals surface area (Å²) in [5.74, 6) is -0.323. The van der Waals surface area contributed by atoms with Crippen molar-refractivity contribution >= 4 is 23.4 Å². The summed E-state index contributed by atoms with van der Waals surface area (Å²) < 4.78 is 5.40. The van der Waals surface area contributed by atoms with E-state index in [-0.39, 0.29) is 16.9 Å². The first-order valence-corrected chi connectivity index (χ1v) is 8.66. The van der Waals surface area contributed by atoms with Gasteiger partial charge in [0.05, 0.1) is 11.2 Å². The summed E-state index contributed by atoms with van der Waals surface area (Å²) in [6, 6.07) is 0. The third-order valence-electron chi connectivity index (χ3n) is 4.02. The van der Waals surface area contributed by atoms with Crippen LogP contribution in [-0.2, 0) is 4.74 Å². The van der Waals surface area contributed by atoms with Gasteiger partial charge in [-0.1, -0.05) is 6.92 Å². The highest BCUT2D eigenvalue weighted by molar-refractivity contribution is 7.13. The molecule has 1 aliphatic rings. The number of carboxylic acids is 1. The predicted molar refractivity (Wildman–Crippen MR) is 88.0 cm³/mol. The number of piperidine rings is 1. The minimum atomic E-state index is -0.930. The molecule has 0 bridgehead atoms. The third kappa shape index (κ3) is 4.67. The molecule has 0 spiro atoms. The number of aromatic carboxylic acids is 1. The second kappa shape index (κ2) is 6.86. The Bertz CT molecular complexity index is 571. The molecule has 1 unspecified atom stereocenters. The molecule has 1 aromatic rings. The van der Waals surface area contributed by atoms with Crippen LogP contribution in [0.4, 0.5) is 4.79 Å². The van der Waals surface area contributed by atoms with E-state index in [4.69, 9.17) is 9.84 Å². The molecule has 2 rings (SSSR count). The fraction of sp³-hybridized carbons (Fsp3) is 0.688. The molecule has 0 aliphatic carbocycles. The summed E-state index contributed by atoms with van der Waals surface area (Å²) in [5.41, 5.74) is -0.477. The number of thiazole rings is 1. The number of amides is 1. The van der Waals surface area contributed by atoms with Gasteiger partial charge in [-0.05, 0) is 39.5 Å². The maximum Gasteiger partial charge on any atom is 0.410 e. The van der Waals surface area contributed by atoms with Crippen LogP contribution in [0.15, 0.2) is 6.20 Å². The molecule has 23 heavy (non-hydrogen) atoms. The first-order valence-electron chi connectivity index (χ1n) is 7.84. The topological polar surface area (TPSA) is 79.7 Å². The van der Waals surface area contributed by atoms with Gasteiger partial charge < -0.3 is 14.7 Å². The number of rotatable bonds is 3. The van der Waals surface area contributed by atoms with E-state index in [1.165, 1.54) is 17.5 Å². The smallest absolute Gasteiger partial charge is 0.410 e. The van der Waals surface area contributed by atoms with Crippen LogP contribution in [-0.4, -0.2) is 45.7 Å². The Morgan fingerprint density at radius 1 is 1.39 bits per heavy atom. The zero-order valence-electron chi connectivity index (χ0n) is 14.0. The first kappa shape index (κ1) is 17.7. The van der Waals surface area contributed by atoms with Crippen molar-refractivity contribution in [1.82, 2.24) is 9.88 Å². The average molecular weight is 340 g/mol. The van der Waals surface area contributed by atoms with Gasteiger partial charge in [-0.2, -0.15) is 0 Å². The monoisotopic (exact) mass is 340 g/mol. The fourth-order valence-electron chi connectivity index (χ4n) is 2.71. The van der Waals surface area contributed by atoms with Gasteiger partial charge in [-0.25, -0.2) is 14.6 Å². The van der Waals surface area contributed by atoms with E-state index in [0.717, 1.165) is 17.8 Å². The summed E-state index contributed by atoms with van der Waals surface area (Å²) in [6.45, 7) is 9.01. The van der Waals surface area contributed by atoms with Gasteiger partial charge in [-0.15, -0.1) is 11.3 Å². The molecule has 1 amide bonds. The van der Waals surface area contributed by atoms with Gasteiger partial charge in [-0.3, -0.25) is 0 Å². The number of ether oxygens (including phenoxy) is 1. The molecule has 1 aromatic heterocycles. The Balaban J connectivity index is 1.90. The lowest BCUT2D eigenvalue weighted by atomic mass is 9.86. The van der Waals surface area contributed by atoms with Gasteiger partial charge in [0.15, 0.2) is 0 Å². The highest BCUT2D eigenvalue weighted by atomic mass is 32.1. The van der Waals surface area contributed by atoms with Gasteiger partial charge in [0.1, 0.15) is 10.5 Å². The highest BCUT2D eigenvalue weighted by Crippen LogP contribution is 2.34. The maximum atomic E-state index is 12.1. The Labute approximate surface area is 140 Å². The lowest BCUT2D eigenvalue weighted by molar-refractivity contribution is 0.0175. The van der Waals surface area contributed by atoms with Crippen molar-refractivity contribution in [2.75, 3.05) is 13.1 Å². The van der Waals surface area contributed by atoms with Crippen LogP contribution in [0, 0.1) is 5.92 Å². The second-order valence-corrected chi connectivity index (χ2v) is 8.02. The number of carboxylic acid groups (broad SMARTS) is 1. The van der Waals surface area contributed by atoms with Gasteiger partial charge >= 0.3 is 12.1 Å². The Kier molecular flexibility index (Phi) is 5.29. The molecule has 6 nitrogen and oxygen atoms in total. The zero-order chi connectivity index (χ0) is 17.2. The molecule has 0 saturated carbocycles. The molecule has 0 aromatic carbocycles. The molecule has 0 radical (unpaired) electrons. The summed E-state index contributed by atoms with van der Waals surface area (Å²) >= 11 is 1.24. The normalized spacial score (nSPS) is 17.8. The van der Waals surface area contributed by atoms with Crippen molar-refractivity contribution < 1.29 is 19.4 Å². The summed E-state index contributed by atoms with van der Waals surface area (Å²) in [7, 11) is 0. The van der Waals surface area contributed by atoms with E-state index >= 15 is 0 Å². The van der Waals surface area contributed by atoms with Crippen LogP contribution in [0.2, 0.25) is 0 Å². The molecule has 2 heterocycles. The van der Waals surface area contributed by atoms with Crippen LogP contribution >= 0.6 is 11.3 Å². The van der Waals surface area contributed by atoms with Crippen LogP contribution in [0.25, 0.3) is 0 Å². The predicted octanol–water partition coefficient (Wildman–Crippen LogP) is 3.59. The summed E-state index contributed by atoms with van der Waals surface area (Å²) in [4.78, 5) is 29.3. The van der Waals surface area contributed by atoms with Crippen molar-refractivity contribution in [2.45, 2.75) is 52.1 Å². The molecule has 7 heteroatoms. The van der Waals surface area contributed by atoms with E-state index in [1.54, 1.807) is 4.90 Å². The van der Waals surface area contributed by atoms with Gasteiger partial charge in [0, 0.05) is 19.0 Å². The van der Waals surface area contributed by atoms with Crippen molar-refractivity contribution in [2.24, 2.45) is 5.92 Å². The third-order valence-corrected chi connectivity index (χ3v) is 5.21. The van der Waals surface area contributed by atoms with Crippen molar-refractivity contribution in [3.05, 3.63) is 16.1 Å². The largest absolute Gasteiger partial charge is 0.477 e. The molecular formula is C16H24N2O4S. The summed E-state index contributed by atoms with van der Waals surface area (Å²) in [5, 5.41) is 9.85. The molecule has 1 aliphatic heterocycles. The fourth-order valence-corrected chi connectivity index (χ4v) is 3.61. The number of likely N-dealkylation sites (tertiary alicyclic amines) is 1. The number of carbonyl (C=O) groups excluding carboxylic acids is 1. The number of aromatic nitrogens is 1. The van der Waals surface area contributed by atoms with Crippen molar-refractivity contribution in [3.63, 3.8) is 0 Å². The number of hydrogen-bond acceptors (Lipinski definition) is 5. The molecule has 1 atom stereocenters. The number of carbonyl (C=O) groups is 2. The Hall–Kier alpha value is -1.63. The number of hydrogen-bond donors (Lipinski definition) is 1. The van der Waals surface area contributed by atoms with E-state index in [9.17, 15) is 9.59 Å². The molecule has 1 saturated heterocycles. The zero-order valence-corrected chi connectivity index (χ0v) is 14.9. The van der Waals surface area contributed by atoms with Crippen molar-refractivity contribution in [1.29, 1.82) is 0 Å². The minimum Gasteiger partial charge on any atom is -0.477 e.